The van der Waals surface area contributed by atoms with Gasteiger partial charge < -0.3 is 0 Å². The van der Waals surface area contributed by atoms with Gasteiger partial charge in [-0.2, -0.15) is 0 Å². The van der Waals surface area contributed by atoms with Crippen molar-refractivity contribution in [3.05, 3.63) is 35.9 Å². The van der Waals surface area contributed by atoms with Crippen LogP contribution in [-0.4, -0.2) is 0 Å². The fraction of sp³-hybridized carbons (Fsp3) is 0.571. The quantitative estimate of drug-likeness (QED) is 0.636. The molecule has 0 aliphatic heterocycles. The Morgan fingerprint density at radius 2 is 1.80 bits per heavy atom. The molecule has 1 fully saturated rings. The Labute approximate surface area is 97.6 Å². The predicted octanol–water partition coefficient (Wildman–Crippen LogP) is 4.94. The van der Waals surface area contributed by atoms with Gasteiger partial charge in [0.2, 0.25) is 0 Å². The molecule has 15 heavy (non-hydrogen) atoms. The van der Waals surface area contributed by atoms with Gasteiger partial charge >= 0.3 is 0 Å². The number of rotatable bonds is 3. The van der Waals surface area contributed by atoms with Gasteiger partial charge in [0.05, 0.1) is 5.38 Å². The molecule has 1 aliphatic rings. The first-order valence-corrected chi connectivity index (χ1v) is 6.41. The van der Waals surface area contributed by atoms with Crippen molar-refractivity contribution in [2.24, 2.45) is 5.41 Å². The van der Waals surface area contributed by atoms with Crippen molar-refractivity contribution >= 4 is 11.6 Å². The van der Waals surface area contributed by atoms with E-state index in [-0.39, 0.29) is 5.38 Å². The second kappa shape index (κ2) is 4.57. The van der Waals surface area contributed by atoms with Gasteiger partial charge in [-0.25, -0.2) is 0 Å². The van der Waals surface area contributed by atoms with E-state index >= 15 is 0 Å². The van der Waals surface area contributed by atoms with E-state index < -0.39 is 0 Å². The highest BCUT2D eigenvalue weighted by atomic mass is 35.5. The second-order valence-electron chi connectivity index (χ2n) is 4.70. The van der Waals surface area contributed by atoms with Crippen molar-refractivity contribution in [1.29, 1.82) is 0 Å². The van der Waals surface area contributed by atoms with E-state index in [0.29, 0.717) is 5.41 Å². The molecule has 0 amide bonds. The third-order valence-electron chi connectivity index (χ3n) is 3.93. The van der Waals surface area contributed by atoms with Crippen molar-refractivity contribution in [2.45, 2.75) is 44.4 Å². The molecule has 1 atom stereocenters. The highest BCUT2D eigenvalue weighted by Gasteiger charge is 2.39. The molecule has 82 valence electrons. The summed E-state index contributed by atoms with van der Waals surface area (Å²) in [7, 11) is 0. The Morgan fingerprint density at radius 1 is 1.20 bits per heavy atom. The smallest absolute Gasteiger partial charge is 0.0641 e. The van der Waals surface area contributed by atoms with Crippen LogP contribution in [0, 0.1) is 5.41 Å². The van der Waals surface area contributed by atoms with Gasteiger partial charge in [0.15, 0.2) is 0 Å². The molecule has 0 spiro atoms. The Morgan fingerprint density at radius 3 is 2.33 bits per heavy atom. The van der Waals surface area contributed by atoms with Crippen LogP contribution in [0.2, 0.25) is 0 Å². The summed E-state index contributed by atoms with van der Waals surface area (Å²) in [6, 6.07) is 10.5. The van der Waals surface area contributed by atoms with Gasteiger partial charge in [0, 0.05) is 0 Å². The lowest BCUT2D eigenvalue weighted by atomic mass is 9.77. The average Bonchev–Trinajstić information content (AvgIpc) is 2.79. The topological polar surface area (TPSA) is 0 Å². The molecule has 0 saturated heterocycles. The lowest BCUT2D eigenvalue weighted by Gasteiger charge is -2.33. The summed E-state index contributed by atoms with van der Waals surface area (Å²) in [4.78, 5) is 0. The summed E-state index contributed by atoms with van der Waals surface area (Å²) in [5, 5.41) is 0.200. The number of alkyl halides is 1. The van der Waals surface area contributed by atoms with Crippen molar-refractivity contribution in [3.8, 4) is 0 Å². The van der Waals surface area contributed by atoms with Crippen LogP contribution in [0.15, 0.2) is 30.3 Å². The molecule has 1 aromatic carbocycles. The molecule has 1 saturated carbocycles. The highest BCUT2D eigenvalue weighted by molar-refractivity contribution is 6.21. The third kappa shape index (κ3) is 2.06. The SMILES string of the molecule is CCC1(C(Cl)c2ccccc2)CCCC1. The molecule has 1 aromatic rings. The van der Waals surface area contributed by atoms with E-state index in [0.717, 1.165) is 0 Å². The largest absolute Gasteiger partial charge is 0.117 e. The first kappa shape index (κ1) is 11.0. The number of benzene rings is 1. The molecule has 0 aromatic heterocycles. The zero-order valence-corrected chi connectivity index (χ0v) is 10.1. The number of halogens is 1. The molecular formula is C14H19Cl. The van der Waals surface area contributed by atoms with Crippen molar-refractivity contribution in [3.63, 3.8) is 0 Å². The number of hydrogen-bond acceptors (Lipinski definition) is 0. The third-order valence-corrected chi connectivity index (χ3v) is 4.65. The van der Waals surface area contributed by atoms with Crippen LogP contribution in [0.3, 0.4) is 0 Å². The average molecular weight is 223 g/mol. The standard InChI is InChI=1S/C14H19Cl/c1-2-14(10-6-7-11-14)13(15)12-8-4-3-5-9-12/h3-5,8-9,13H,2,6-7,10-11H2,1H3. The summed E-state index contributed by atoms with van der Waals surface area (Å²) in [5.74, 6) is 0. The molecule has 0 bridgehead atoms. The minimum Gasteiger partial charge on any atom is -0.117 e. The molecule has 0 nitrogen and oxygen atoms in total. The van der Waals surface area contributed by atoms with E-state index in [9.17, 15) is 0 Å². The fourth-order valence-corrected chi connectivity index (χ4v) is 3.36. The van der Waals surface area contributed by atoms with E-state index in [1.165, 1.54) is 37.7 Å². The van der Waals surface area contributed by atoms with Gasteiger partial charge in [-0.05, 0) is 30.2 Å². The van der Waals surface area contributed by atoms with Crippen LogP contribution in [0.5, 0.6) is 0 Å². The summed E-state index contributed by atoms with van der Waals surface area (Å²) in [6.07, 6.45) is 6.50. The Bertz CT molecular complexity index is 298. The van der Waals surface area contributed by atoms with Gasteiger partial charge in [-0.3, -0.25) is 0 Å². The maximum absolute atomic E-state index is 6.67. The van der Waals surface area contributed by atoms with E-state index in [2.05, 4.69) is 37.3 Å². The second-order valence-corrected chi connectivity index (χ2v) is 5.13. The van der Waals surface area contributed by atoms with E-state index in [4.69, 9.17) is 11.6 Å². The summed E-state index contributed by atoms with van der Waals surface area (Å²) >= 11 is 6.67. The van der Waals surface area contributed by atoms with Gasteiger partial charge in [0.25, 0.3) is 0 Å². The van der Waals surface area contributed by atoms with Crippen LogP contribution in [0.4, 0.5) is 0 Å². The molecule has 2 rings (SSSR count). The van der Waals surface area contributed by atoms with Crippen LogP contribution in [0.1, 0.15) is 50.0 Å². The summed E-state index contributed by atoms with van der Waals surface area (Å²) < 4.78 is 0. The Kier molecular flexibility index (Phi) is 3.35. The van der Waals surface area contributed by atoms with Gasteiger partial charge in [0.1, 0.15) is 0 Å². The summed E-state index contributed by atoms with van der Waals surface area (Å²) in [6.45, 7) is 2.28. The zero-order valence-electron chi connectivity index (χ0n) is 9.38. The first-order chi connectivity index (χ1) is 7.28. The van der Waals surface area contributed by atoms with E-state index in [1.807, 2.05) is 0 Å². The van der Waals surface area contributed by atoms with Gasteiger partial charge in [-0.15, -0.1) is 11.6 Å². The zero-order chi connectivity index (χ0) is 10.7. The molecular weight excluding hydrogens is 204 g/mol. The molecule has 0 N–H and O–H groups in total. The van der Waals surface area contributed by atoms with Crippen LogP contribution in [-0.2, 0) is 0 Å². The minimum absolute atomic E-state index is 0.200. The summed E-state index contributed by atoms with van der Waals surface area (Å²) in [5.41, 5.74) is 1.66. The Hall–Kier alpha value is -0.490. The normalized spacial score (nSPS) is 21.5. The monoisotopic (exact) mass is 222 g/mol. The van der Waals surface area contributed by atoms with Gasteiger partial charge in [-0.1, -0.05) is 50.1 Å². The predicted molar refractivity (Wildman–Crippen MR) is 66.2 cm³/mol. The maximum atomic E-state index is 6.67. The number of hydrogen-bond donors (Lipinski definition) is 0. The maximum Gasteiger partial charge on any atom is 0.0641 e. The highest BCUT2D eigenvalue weighted by Crippen LogP contribution is 2.52. The molecule has 0 heterocycles. The fourth-order valence-electron chi connectivity index (χ4n) is 2.84. The lowest BCUT2D eigenvalue weighted by molar-refractivity contribution is 0.271. The molecule has 1 unspecified atom stereocenters. The van der Waals surface area contributed by atoms with Crippen molar-refractivity contribution in [2.75, 3.05) is 0 Å². The van der Waals surface area contributed by atoms with Crippen LogP contribution < -0.4 is 0 Å². The van der Waals surface area contributed by atoms with Crippen molar-refractivity contribution in [1.82, 2.24) is 0 Å². The molecule has 0 radical (unpaired) electrons. The Balaban J connectivity index is 2.22. The van der Waals surface area contributed by atoms with E-state index in [1.54, 1.807) is 0 Å². The van der Waals surface area contributed by atoms with Crippen LogP contribution in [0.25, 0.3) is 0 Å². The first-order valence-electron chi connectivity index (χ1n) is 5.97. The lowest BCUT2D eigenvalue weighted by Crippen LogP contribution is -2.21. The molecule has 1 aliphatic carbocycles. The minimum atomic E-state index is 0.200. The molecule has 1 heteroatoms. The van der Waals surface area contributed by atoms with Crippen molar-refractivity contribution < 1.29 is 0 Å². The van der Waals surface area contributed by atoms with Crippen LogP contribution >= 0.6 is 11.6 Å².